The molecule has 1 saturated heterocycles. The van der Waals surface area contributed by atoms with E-state index in [-0.39, 0.29) is 30.9 Å². The SMILES string of the molecule is COC(=O)COC[C@H]1OCCCC1OC(C)C. The Bertz CT molecular complexity index is 229. The maximum atomic E-state index is 10.9. The van der Waals surface area contributed by atoms with Crippen molar-refractivity contribution in [1.82, 2.24) is 0 Å². The van der Waals surface area contributed by atoms with Crippen LogP contribution in [0, 0.1) is 0 Å². The molecule has 5 nitrogen and oxygen atoms in total. The first-order valence-electron chi connectivity index (χ1n) is 6.05. The summed E-state index contributed by atoms with van der Waals surface area (Å²) in [6, 6.07) is 0. The normalized spacial score (nSPS) is 24.9. The van der Waals surface area contributed by atoms with Gasteiger partial charge in [0.05, 0.1) is 25.9 Å². The molecule has 0 radical (unpaired) electrons. The van der Waals surface area contributed by atoms with Gasteiger partial charge >= 0.3 is 5.97 Å². The standard InChI is InChI=1S/C12H22O5/c1-9(2)17-10-5-4-6-16-11(10)7-15-8-12(13)14-3/h9-11H,4-8H2,1-3H3/t10?,11-/m1/s1. The Hall–Kier alpha value is -0.650. The lowest BCUT2D eigenvalue weighted by atomic mass is 10.1. The second-order valence-corrected chi connectivity index (χ2v) is 4.37. The van der Waals surface area contributed by atoms with Crippen LogP contribution in [0.3, 0.4) is 0 Å². The number of rotatable bonds is 6. The van der Waals surface area contributed by atoms with Crippen molar-refractivity contribution in [3.8, 4) is 0 Å². The molecule has 2 atom stereocenters. The molecule has 0 aromatic rings. The lowest BCUT2D eigenvalue weighted by Gasteiger charge is -2.32. The van der Waals surface area contributed by atoms with E-state index in [4.69, 9.17) is 14.2 Å². The van der Waals surface area contributed by atoms with Crippen molar-refractivity contribution in [2.24, 2.45) is 0 Å². The summed E-state index contributed by atoms with van der Waals surface area (Å²) in [6.45, 7) is 5.06. The van der Waals surface area contributed by atoms with Crippen molar-refractivity contribution in [3.05, 3.63) is 0 Å². The van der Waals surface area contributed by atoms with Gasteiger partial charge in [-0.2, -0.15) is 0 Å². The molecule has 0 aliphatic carbocycles. The Morgan fingerprint density at radius 2 is 2.24 bits per heavy atom. The van der Waals surface area contributed by atoms with Crippen molar-refractivity contribution < 1.29 is 23.7 Å². The highest BCUT2D eigenvalue weighted by molar-refractivity contribution is 5.70. The molecule has 0 aromatic carbocycles. The molecule has 1 fully saturated rings. The smallest absolute Gasteiger partial charge is 0.331 e. The molecule has 5 heteroatoms. The number of carbonyl (C=O) groups excluding carboxylic acids is 1. The number of methoxy groups -OCH3 is 1. The zero-order chi connectivity index (χ0) is 12.7. The van der Waals surface area contributed by atoms with Gasteiger partial charge in [0.1, 0.15) is 12.7 Å². The quantitative estimate of drug-likeness (QED) is 0.658. The summed E-state index contributed by atoms with van der Waals surface area (Å²) in [5, 5.41) is 0. The maximum absolute atomic E-state index is 10.9. The molecule has 0 aromatic heterocycles. The van der Waals surface area contributed by atoms with E-state index in [2.05, 4.69) is 4.74 Å². The molecule has 0 amide bonds. The summed E-state index contributed by atoms with van der Waals surface area (Å²) < 4.78 is 21.1. The van der Waals surface area contributed by atoms with Gasteiger partial charge in [-0.15, -0.1) is 0 Å². The summed E-state index contributed by atoms with van der Waals surface area (Å²) >= 11 is 0. The molecule has 0 saturated carbocycles. The van der Waals surface area contributed by atoms with Crippen LogP contribution in [0.5, 0.6) is 0 Å². The van der Waals surface area contributed by atoms with Gasteiger partial charge in [0, 0.05) is 6.61 Å². The number of esters is 1. The summed E-state index contributed by atoms with van der Waals surface area (Å²) in [5.41, 5.74) is 0. The zero-order valence-corrected chi connectivity index (χ0v) is 10.8. The molecule has 0 N–H and O–H groups in total. The van der Waals surface area contributed by atoms with Gasteiger partial charge in [-0.05, 0) is 26.7 Å². The Kier molecular flexibility index (Phi) is 6.47. The Balaban J connectivity index is 2.29. The molecule has 0 spiro atoms. The van der Waals surface area contributed by atoms with Gasteiger partial charge < -0.3 is 18.9 Å². The highest BCUT2D eigenvalue weighted by Crippen LogP contribution is 2.19. The molecule has 17 heavy (non-hydrogen) atoms. The van der Waals surface area contributed by atoms with Crippen LogP contribution < -0.4 is 0 Å². The van der Waals surface area contributed by atoms with Crippen molar-refractivity contribution >= 4 is 5.97 Å². The number of hydrogen-bond acceptors (Lipinski definition) is 5. The Morgan fingerprint density at radius 1 is 1.47 bits per heavy atom. The average molecular weight is 246 g/mol. The first-order chi connectivity index (χ1) is 8.13. The van der Waals surface area contributed by atoms with Crippen LogP contribution in [-0.2, 0) is 23.7 Å². The van der Waals surface area contributed by atoms with Crippen LogP contribution in [0.1, 0.15) is 26.7 Å². The maximum Gasteiger partial charge on any atom is 0.331 e. The van der Waals surface area contributed by atoms with E-state index >= 15 is 0 Å². The van der Waals surface area contributed by atoms with E-state index in [1.165, 1.54) is 7.11 Å². The fourth-order valence-corrected chi connectivity index (χ4v) is 1.79. The number of hydrogen-bond donors (Lipinski definition) is 0. The van der Waals surface area contributed by atoms with Gasteiger partial charge in [0.25, 0.3) is 0 Å². The van der Waals surface area contributed by atoms with Gasteiger partial charge in [-0.3, -0.25) is 0 Å². The predicted octanol–water partition coefficient (Wildman–Crippen LogP) is 1.15. The molecular formula is C12H22O5. The van der Waals surface area contributed by atoms with Crippen molar-refractivity contribution in [2.75, 3.05) is 26.9 Å². The molecule has 1 rings (SSSR count). The van der Waals surface area contributed by atoms with Gasteiger partial charge in [0.15, 0.2) is 0 Å². The minimum atomic E-state index is -0.373. The molecule has 1 heterocycles. The van der Waals surface area contributed by atoms with E-state index < -0.39 is 0 Å². The van der Waals surface area contributed by atoms with E-state index in [9.17, 15) is 4.79 Å². The van der Waals surface area contributed by atoms with Gasteiger partial charge in [0.2, 0.25) is 0 Å². The highest BCUT2D eigenvalue weighted by atomic mass is 16.6. The van der Waals surface area contributed by atoms with Crippen molar-refractivity contribution in [3.63, 3.8) is 0 Å². The summed E-state index contributed by atoms with van der Waals surface area (Å²) in [4.78, 5) is 10.9. The monoisotopic (exact) mass is 246 g/mol. The summed E-state index contributed by atoms with van der Waals surface area (Å²) in [7, 11) is 1.34. The van der Waals surface area contributed by atoms with Crippen molar-refractivity contribution in [2.45, 2.75) is 45.0 Å². The van der Waals surface area contributed by atoms with E-state index in [1.807, 2.05) is 13.8 Å². The average Bonchev–Trinajstić information content (AvgIpc) is 2.30. The summed E-state index contributed by atoms with van der Waals surface area (Å²) in [6.07, 6.45) is 2.12. The molecule has 1 aliphatic rings. The van der Waals surface area contributed by atoms with Crippen LogP contribution in [0.4, 0.5) is 0 Å². The zero-order valence-electron chi connectivity index (χ0n) is 10.8. The molecule has 1 aliphatic heterocycles. The number of ether oxygens (including phenoxy) is 4. The van der Waals surface area contributed by atoms with Crippen molar-refractivity contribution in [1.29, 1.82) is 0 Å². The first-order valence-corrected chi connectivity index (χ1v) is 6.05. The Labute approximate surface area is 102 Å². The Morgan fingerprint density at radius 3 is 2.88 bits per heavy atom. The third-order valence-corrected chi connectivity index (χ3v) is 2.56. The lowest BCUT2D eigenvalue weighted by molar-refractivity contribution is -0.158. The third-order valence-electron chi connectivity index (χ3n) is 2.56. The van der Waals surface area contributed by atoms with E-state index in [1.54, 1.807) is 0 Å². The minimum Gasteiger partial charge on any atom is -0.467 e. The number of carbonyl (C=O) groups is 1. The van der Waals surface area contributed by atoms with Gasteiger partial charge in [-0.1, -0.05) is 0 Å². The van der Waals surface area contributed by atoms with Crippen LogP contribution in [0.25, 0.3) is 0 Å². The van der Waals surface area contributed by atoms with E-state index in [0.717, 1.165) is 19.4 Å². The predicted molar refractivity (Wildman–Crippen MR) is 61.8 cm³/mol. The molecular weight excluding hydrogens is 224 g/mol. The first kappa shape index (κ1) is 14.4. The third kappa shape index (κ3) is 5.48. The topological polar surface area (TPSA) is 54.0 Å². The van der Waals surface area contributed by atoms with Crippen LogP contribution in [0.2, 0.25) is 0 Å². The second-order valence-electron chi connectivity index (χ2n) is 4.37. The molecule has 100 valence electrons. The van der Waals surface area contributed by atoms with Gasteiger partial charge in [-0.25, -0.2) is 4.79 Å². The van der Waals surface area contributed by atoms with E-state index in [0.29, 0.717) is 6.61 Å². The second kappa shape index (κ2) is 7.63. The fourth-order valence-electron chi connectivity index (χ4n) is 1.79. The molecule has 1 unspecified atom stereocenters. The minimum absolute atomic E-state index is 0.0369. The van der Waals surface area contributed by atoms with Crippen LogP contribution in [0.15, 0.2) is 0 Å². The summed E-state index contributed by atoms with van der Waals surface area (Å²) in [5.74, 6) is -0.373. The van der Waals surface area contributed by atoms with Crippen LogP contribution >= 0.6 is 0 Å². The van der Waals surface area contributed by atoms with Crippen LogP contribution in [-0.4, -0.2) is 51.2 Å². The lowest BCUT2D eigenvalue weighted by Crippen LogP contribution is -2.41. The highest BCUT2D eigenvalue weighted by Gasteiger charge is 2.27. The largest absolute Gasteiger partial charge is 0.467 e. The fraction of sp³-hybridized carbons (Fsp3) is 0.917. The molecule has 0 bridgehead atoms.